The Kier molecular flexibility index (Phi) is 5.93. The average molecular weight is 354 g/mol. The van der Waals surface area contributed by atoms with Crippen molar-refractivity contribution in [3.63, 3.8) is 0 Å². The van der Waals surface area contributed by atoms with Crippen molar-refractivity contribution >= 4 is 17.2 Å². The van der Waals surface area contributed by atoms with Gasteiger partial charge in [-0.05, 0) is 23.1 Å². The summed E-state index contributed by atoms with van der Waals surface area (Å²) in [6.45, 7) is 0.341. The van der Waals surface area contributed by atoms with Gasteiger partial charge in [0.1, 0.15) is 5.82 Å². The number of benzene rings is 2. The lowest BCUT2D eigenvalue weighted by atomic mass is 10.1. The summed E-state index contributed by atoms with van der Waals surface area (Å²) in [6, 6.07) is 20.5. The van der Waals surface area contributed by atoms with Crippen LogP contribution in [0.5, 0.6) is 0 Å². The number of amides is 1. The molecule has 2 aromatic carbocycles. The molecule has 0 aliphatic heterocycles. The molecule has 0 aliphatic rings. The molecule has 3 nitrogen and oxygen atoms in total. The van der Waals surface area contributed by atoms with Gasteiger partial charge in [0, 0.05) is 17.0 Å². The molecule has 0 spiro atoms. The molecular weight excluding hydrogens is 335 g/mol. The lowest BCUT2D eigenvalue weighted by molar-refractivity contribution is -0.120. The summed E-state index contributed by atoms with van der Waals surface area (Å²) in [5.74, 6) is -0.475. The van der Waals surface area contributed by atoms with Crippen LogP contribution in [-0.4, -0.2) is 12.5 Å². The number of rotatable bonds is 7. The van der Waals surface area contributed by atoms with E-state index in [4.69, 9.17) is 0 Å². The number of thiophene rings is 1. The van der Waals surface area contributed by atoms with Gasteiger partial charge >= 0.3 is 0 Å². The summed E-state index contributed by atoms with van der Waals surface area (Å²) in [5.41, 5.74) is 1.58. The Hall–Kier alpha value is -2.50. The monoisotopic (exact) mass is 354 g/mol. The summed E-state index contributed by atoms with van der Waals surface area (Å²) >= 11 is 1.65. The quantitative estimate of drug-likeness (QED) is 0.676. The summed E-state index contributed by atoms with van der Waals surface area (Å²) < 4.78 is 13.6. The molecule has 1 heterocycles. The van der Waals surface area contributed by atoms with Crippen LogP contribution in [0.15, 0.2) is 72.1 Å². The highest BCUT2D eigenvalue weighted by Crippen LogP contribution is 2.25. The largest absolute Gasteiger partial charge is 0.351 e. The van der Waals surface area contributed by atoms with Gasteiger partial charge < -0.3 is 5.32 Å². The molecule has 3 aromatic rings. The molecule has 0 saturated carbocycles. The van der Waals surface area contributed by atoms with E-state index in [2.05, 4.69) is 10.6 Å². The van der Waals surface area contributed by atoms with Crippen molar-refractivity contribution in [2.75, 3.05) is 6.54 Å². The molecule has 0 saturated heterocycles. The van der Waals surface area contributed by atoms with E-state index in [0.717, 1.165) is 10.4 Å². The van der Waals surface area contributed by atoms with Crippen LogP contribution in [0.25, 0.3) is 0 Å². The second-order valence-electron chi connectivity index (χ2n) is 5.61. The minimum Gasteiger partial charge on any atom is -0.351 e. The molecule has 1 amide bonds. The molecule has 0 fully saturated rings. The van der Waals surface area contributed by atoms with E-state index in [9.17, 15) is 9.18 Å². The highest BCUT2D eigenvalue weighted by molar-refractivity contribution is 7.10. The highest BCUT2D eigenvalue weighted by Gasteiger charge is 2.15. The second kappa shape index (κ2) is 8.55. The first-order chi connectivity index (χ1) is 12.2. The van der Waals surface area contributed by atoms with Gasteiger partial charge in [-0.2, -0.15) is 0 Å². The lowest BCUT2D eigenvalue weighted by Gasteiger charge is -2.18. The van der Waals surface area contributed by atoms with Crippen LogP contribution in [0.4, 0.5) is 4.39 Å². The van der Waals surface area contributed by atoms with E-state index in [1.807, 2.05) is 47.8 Å². The van der Waals surface area contributed by atoms with Crippen molar-refractivity contribution in [1.29, 1.82) is 0 Å². The maximum atomic E-state index is 13.6. The van der Waals surface area contributed by atoms with Crippen LogP contribution in [0.3, 0.4) is 0 Å². The van der Waals surface area contributed by atoms with Crippen molar-refractivity contribution < 1.29 is 9.18 Å². The molecule has 2 N–H and O–H groups in total. The molecular formula is C20H19FN2OS. The van der Waals surface area contributed by atoms with Gasteiger partial charge in [-0.1, -0.05) is 54.6 Å². The third-order valence-electron chi connectivity index (χ3n) is 3.86. The zero-order valence-electron chi connectivity index (χ0n) is 13.6. The molecule has 5 heteroatoms. The third-order valence-corrected chi connectivity index (χ3v) is 4.80. The average Bonchev–Trinajstić information content (AvgIpc) is 3.16. The van der Waals surface area contributed by atoms with Crippen molar-refractivity contribution in [3.05, 3.63) is 93.9 Å². The number of halogens is 1. The fraction of sp³-hybridized carbons (Fsp3) is 0.150. The zero-order chi connectivity index (χ0) is 17.5. The van der Waals surface area contributed by atoms with Crippen molar-refractivity contribution in [2.24, 2.45) is 0 Å². The molecule has 1 aromatic heterocycles. The van der Waals surface area contributed by atoms with Gasteiger partial charge in [-0.15, -0.1) is 11.3 Å². The number of nitrogens with one attached hydrogen (secondary N) is 2. The fourth-order valence-corrected chi connectivity index (χ4v) is 3.40. The van der Waals surface area contributed by atoms with Crippen LogP contribution in [0, 0.1) is 5.82 Å². The lowest BCUT2D eigenvalue weighted by Crippen LogP contribution is -2.35. The smallest absolute Gasteiger partial charge is 0.234 e. The normalized spacial score (nSPS) is 11.9. The Balaban J connectivity index is 1.60. The van der Waals surface area contributed by atoms with Gasteiger partial charge in [0.25, 0.3) is 0 Å². The number of carbonyl (C=O) groups is 1. The minimum atomic E-state index is -0.309. The van der Waals surface area contributed by atoms with Gasteiger partial charge in [0.15, 0.2) is 0 Å². The first-order valence-corrected chi connectivity index (χ1v) is 8.94. The van der Waals surface area contributed by atoms with Gasteiger partial charge in [-0.3, -0.25) is 10.1 Å². The zero-order valence-corrected chi connectivity index (χ0v) is 14.4. The van der Waals surface area contributed by atoms with E-state index < -0.39 is 0 Å². The van der Waals surface area contributed by atoms with Gasteiger partial charge in [0.05, 0.1) is 12.6 Å². The van der Waals surface area contributed by atoms with Crippen molar-refractivity contribution in [2.45, 2.75) is 12.6 Å². The first-order valence-electron chi connectivity index (χ1n) is 8.06. The minimum absolute atomic E-state index is 0.0413. The number of hydrogen-bond acceptors (Lipinski definition) is 3. The predicted molar refractivity (Wildman–Crippen MR) is 98.9 cm³/mol. The molecule has 0 aliphatic carbocycles. The summed E-state index contributed by atoms with van der Waals surface area (Å²) in [4.78, 5) is 13.3. The number of hydrogen-bond donors (Lipinski definition) is 2. The Morgan fingerprint density at radius 2 is 1.76 bits per heavy atom. The van der Waals surface area contributed by atoms with E-state index in [1.54, 1.807) is 29.5 Å². The molecule has 25 heavy (non-hydrogen) atoms. The first kappa shape index (κ1) is 17.3. The van der Waals surface area contributed by atoms with Crippen LogP contribution in [0.2, 0.25) is 0 Å². The Morgan fingerprint density at radius 1 is 1.00 bits per heavy atom. The van der Waals surface area contributed by atoms with Crippen LogP contribution < -0.4 is 10.6 Å². The molecule has 3 rings (SSSR count). The highest BCUT2D eigenvalue weighted by atomic mass is 32.1. The molecule has 0 radical (unpaired) electrons. The van der Waals surface area contributed by atoms with E-state index in [1.165, 1.54) is 6.07 Å². The van der Waals surface area contributed by atoms with E-state index >= 15 is 0 Å². The molecule has 0 bridgehead atoms. The number of carbonyl (C=O) groups excluding carboxylic acids is 1. The molecule has 0 unspecified atom stereocenters. The SMILES string of the molecule is O=C(CN[C@@H](c1ccccc1)c1cccs1)NCc1ccccc1F. The Labute approximate surface area is 150 Å². The van der Waals surface area contributed by atoms with Crippen molar-refractivity contribution in [1.82, 2.24) is 10.6 Å². The Bertz CT molecular complexity index is 806. The topological polar surface area (TPSA) is 41.1 Å². The van der Waals surface area contributed by atoms with Crippen LogP contribution >= 0.6 is 11.3 Å². The van der Waals surface area contributed by atoms with E-state index in [0.29, 0.717) is 5.56 Å². The summed E-state index contributed by atoms with van der Waals surface area (Å²) in [7, 11) is 0. The second-order valence-corrected chi connectivity index (χ2v) is 6.59. The predicted octanol–water partition coefficient (Wildman–Crippen LogP) is 3.88. The molecule has 128 valence electrons. The maximum Gasteiger partial charge on any atom is 0.234 e. The summed E-state index contributed by atoms with van der Waals surface area (Å²) in [6.07, 6.45) is 0. The van der Waals surface area contributed by atoms with Crippen molar-refractivity contribution in [3.8, 4) is 0 Å². The Morgan fingerprint density at radius 3 is 2.48 bits per heavy atom. The standard InChI is InChI=1S/C20H19FN2OS/c21-17-10-5-4-9-16(17)13-22-19(24)14-23-20(18-11-6-12-25-18)15-7-2-1-3-8-15/h1-12,20,23H,13-14H2,(H,22,24)/t20-/m0/s1. The van der Waals surface area contributed by atoms with Gasteiger partial charge in [0.2, 0.25) is 5.91 Å². The van der Waals surface area contributed by atoms with Crippen LogP contribution in [0.1, 0.15) is 22.0 Å². The fourth-order valence-electron chi connectivity index (χ4n) is 2.58. The summed E-state index contributed by atoms with van der Waals surface area (Å²) in [5, 5.41) is 8.07. The maximum absolute atomic E-state index is 13.6. The van der Waals surface area contributed by atoms with Crippen LogP contribution in [-0.2, 0) is 11.3 Å². The van der Waals surface area contributed by atoms with E-state index in [-0.39, 0.29) is 30.9 Å². The van der Waals surface area contributed by atoms with Gasteiger partial charge in [-0.25, -0.2) is 4.39 Å². The third kappa shape index (κ3) is 4.75. The molecule has 1 atom stereocenters.